The quantitative estimate of drug-likeness (QED) is 0.403. The first-order chi connectivity index (χ1) is 15.9. The first-order valence-electron chi connectivity index (χ1n) is 10.8. The summed E-state index contributed by atoms with van der Waals surface area (Å²) in [6.07, 6.45) is 0. The third-order valence-electron chi connectivity index (χ3n) is 4.75. The van der Waals surface area contributed by atoms with Crippen LogP contribution in [-0.2, 0) is 11.3 Å². The van der Waals surface area contributed by atoms with Crippen molar-refractivity contribution in [1.29, 1.82) is 0 Å². The summed E-state index contributed by atoms with van der Waals surface area (Å²) in [4.78, 5) is 36.5. The zero-order valence-corrected chi connectivity index (χ0v) is 18.7. The first-order valence-corrected chi connectivity index (χ1v) is 10.8. The van der Waals surface area contributed by atoms with Gasteiger partial charge in [-0.1, -0.05) is 30.3 Å². The van der Waals surface area contributed by atoms with Gasteiger partial charge >= 0.3 is 0 Å². The van der Waals surface area contributed by atoms with Crippen molar-refractivity contribution in [3.63, 3.8) is 0 Å². The molecule has 0 aliphatic rings. The Morgan fingerprint density at radius 3 is 1.91 bits per heavy atom. The zero-order valence-electron chi connectivity index (χ0n) is 18.7. The number of nitrogens with one attached hydrogen (secondary N) is 4. The third-order valence-corrected chi connectivity index (χ3v) is 4.75. The summed E-state index contributed by atoms with van der Waals surface area (Å²) >= 11 is 0. The summed E-state index contributed by atoms with van der Waals surface area (Å²) in [7, 11) is 0. The fourth-order valence-electron chi connectivity index (χ4n) is 3.06. The molecule has 3 rings (SSSR count). The molecule has 0 radical (unpaired) electrons. The fourth-order valence-corrected chi connectivity index (χ4v) is 3.06. The van der Waals surface area contributed by atoms with E-state index in [1.807, 2.05) is 44.2 Å². The number of amides is 3. The van der Waals surface area contributed by atoms with Crippen molar-refractivity contribution in [1.82, 2.24) is 10.6 Å². The lowest BCUT2D eigenvalue weighted by atomic mass is 10.1. The number of rotatable bonds is 9. The number of carbonyl (C=O) groups excluding carboxylic acids is 3. The Balaban J connectivity index is 1.44. The van der Waals surface area contributed by atoms with Crippen LogP contribution in [0.4, 0.5) is 11.4 Å². The van der Waals surface area contributed by atoms with Crippen LogP contribution in [0, 0.1) is 0 Å². The predicted molar refractivity (Wildman–Crippen MR) is 130 cm³/mol. The van der Waals surface area contributed by atoms with E-state index in [-0.39, 0.29) is 30.3 Å². The molecule has 0 fully saturated rings. The lowest BCUT2D eigenvalue weighted by molar-refractivity contribution is -0.114. The largest absolute Gasteiger partial charge is 0.376 e. The monoisotopic (exact) mass is 444 g/mol. The normalized spacial score (nSPS) is 10.4. The average Bonchev–Trinajstić information content (AvgIpc) is 2.82. The Kier molecular flexibility index (Phi) is 8.18. The van der Waals surface area contributed by atoms with Gasteiger partial charge in [0.15, 0.2) is 0 Å². The van der Waals surface area contributed by atoms with Gasteiger partial charge in [0.2, 0.25) is 5.91 Å². The summed E-state index contributed by atoms with van der Waals surface area (Å²) in [6.45, 7) is 4.32. The topological polar surface area (TPSA) is 99.3 Å². The Morgan fingerprint density at radius 1 is 0.727 bits per heavy atom. The molecule has 0 bridgehead atoms. The van der Waals surface area contributed by atoms with Crippen LogP contribution in [0.2, 0.25) is 0 Å². The molecule has 4 N–H and O–H groups in total. The van der Waals surface area contributed by atoms with Crippen LogP contribution >= 0.6 is 0 Å². The lowest BCUT2D eigenvalue weighted by Crippen LogP contribution is -2.30. The van der Waals surface area contributed by atoms with Gasteiger partial charge in [0, 0.05) is 35.1 Å². The maximum absolute atomic E-state index is 12.3. The number of hydrogen-bond acceptors (Lipinski definition) is 4. The molecule has 0 heterocycles. The second-order valence-electron chi connectivity index (χ2n) is 7.85. The van der Waals surface area contributed by atoms with Crippen LogP contribution < -0.4 is 21.3 Å². The molecular weight excluding hydrogens is 416 g/mol. The Morgan fingerprint density at radius 2 is 1.30 bits per heavy atom. The molecule has 0 spiro atoms. The highest BCUT2D eigenvalue weighted by Crippen LogP contribution is 2.12. The van der Waals surface area contributed by atoms with Gasteiger partial charge in [-0.3, -0.25) is 14.4 Å². The van der Waals surface area contributed by atoms with Crippen molar-refractivity contribution in [3.8, 4) is 0 Å². The minimum absolute atomic E-state index is 0.0562. The summed E-state index contributed by atoms with van der Waals surface area (Å²) in [5.41, 5.74) is 3.44. The predicted octanol–water partition coefficient (Wildman–Crippen LogP) is 3.81. The van der Waals surface area contributed by atoms with Gasteiger partial charge in [-0.2, -0.15) is 0 Å². The molecule has 7 nitrogen and oxygen atoms in total. The third kappa shape index (κ3) is 7.50. The van der Waals surface area contributed by atoms with Crippen LogP contribution in [-0.4, -0.2) is 30.3 Å². The molecule has 170 valence electrons. The van der Waals surface area contributed by atoms with E-state index >= 15 is 0 Å². The second kappa shape index (κ2) is 11.5. The average molecular weight is 445 g/mol. The maximum atomic E-state index is 12.3. The molecule has 7 heteroatoms. The van der Waals surface area contributed by atoms with E-state index in [4.69, 9.17) is 0 Å². The highest BCUT2D eigenvalue weighted by molar-refractivity contribution is 5.97. The fraction of sp³-hybridized carbons (Fsp3) is 0.192. The Hall–Kier alpha value is -4.13. The minimum atomic E-state index is -0.223. The smallest absolute Gasteiger partial charge is 0.251 e. The van der Waals surface area contributed by atoms with E-state index in [2.05, 4.69) is 21.3 Å². The van der Waals surface area contributed by atoms with Gasteiger partial charge in [0.1, 0.15) is 0 Å². The molecule has 0 saturated carbocycles. The molecule has 0 aliphatic carbocycles. The molecule has 0 atom stereocenters. The number of benzene rings is 3. The van der Waals surface area contributed by atoms with Gasteiger partial charge in [-0.05, 0) is 67.9 Å². The van der Waals surface area contributed by atoms with E-state index in [9.17, 15) is 14.4 Å². The standard InChI is InChI=1S/C26H28N4O3/c1-18(2)29-26(33)21-10-14-23(15-11-21)30-24(31)17-27-22-12-8-20(9-13-22)25(32)28-16-19-6-4-3-5-7-19/h3-15,18,27H,16-17H2,1-2H3,(H,28,32)(H,29,33)(H,30,31). The summed E-state index contributed by atoms with van der Waals surface area (Å²) in [5.74, 6) is -0.533. The van der Waals surface area contributed by atoms with E-state index < -0.39 is 0 Å². The van der Waals surface area contributed by atoms with Crippen molar-refractivity contribution in [2.24, 2.45) is 0 Å². The molecule has 0 aliphatic heterocycles. The molecule has 3 amide bonds. The van der Waals surface area contributed by atoms with Gasteiger partial charge in [0.25, 0.3) is 11.8 Å². The molecular formula is C26H28N4O3. The Labute approximate surface area is 193 Å². The van der Waals surface area contributed by atoms with E-state index in [1.165, 1.54) is 0 Å². The molecule has 3 aromatic carbocycles. The molecule has 0 aromatic heterocycles. The summed E-state index contributed by atoms with van der Waals surface area (Å²) < 4.78 is 0. The number of anilines is 2. The van der Waals surface area contributed by atoms with Crippen LogP contribution in [0.3, 0.4) is 0 Å². The van der Waals surface area contributed by atoms with Crippen molar-refractivity contribution in [2.75, 3.05) is 17.2 Å². The molecule has 0 saturated heterocycles. The molecule has 33 heavy (non-hydrogen) atoms. The van der Waals surface area contributed by atoms with Crippen molar-refractivity contribution in [2.45, 2.75) is 26.4 Å². The SMILES string of the molecule is CC(C)NC(=O)c1ccc(NC(=O)CNc2ccc(C(=O)NCc3ccccc3)cc2)cc1. The van der Waals surface area contributed by atoms with Crippen LogP contribution in [0.25, 0.3) is 0 Å². The van der Waals surface area contributed by atoms with Crippen LogP contribution in [0.1, 0.15) is 40.1 Å². The van der Waals surface area contributed by atoms with Crippen molar-refractivity contribution >= 4 is 29.1 Å². The van der Waals surface area contributed by atoms with Crippen molar-refractivity contribution in [3.05, 3.63) is 95.6 Å². The van der Waals surface area contributed by atoms with Gasteiger partial charge < -0.3 is 21.3 Å². The second-order valence-corrected chi connectivity index (χ2v) is 7.85. The lowest BCUT2D eigenvalue weighted by Gasteiger charge is -2.10. The Bertz CT molecular complexity index is 1080. The number of carbonyl (C=O) groups is 3. The van der Waals surface area contributed by atoms with Crippen LogP contribution in [0.15, 0.2) is 78.9 Å². The molecule has 0 unspecified atom stereocenters. The van der Waals surface area contributed by atoms with Crippen molar-refractivity contribution < 1.29 is 14.4 Å². The minimum Gasteiger partial charge on any atom is -0.376 e. The highest BCUT2D eigenvalue weighted by Gasteiger charge is 2.09. The highest BCUT2D eigenvalue weighted by atomic mass is 16.2. The van der Waals surface area contributed by atoms with Crippen LogP contribution in [0.5, 0.6) is 0 Å². The van der Waals surface area contributed by atoms with E-state index in [0.29, 0.717) is 23.4 Å². The van der Waals surface area contributed by atoms with E-state index in [1.54, 1.807) is 48.5 Å². The zero-order chi connectivity index (χ0) is 23.6. The van der Waals surface area contributed by atoms with Gasteiger partial charge in [-0.15, -0.1) is 0 Å². The molecule has 3 aromatic rings. The summed E-state index contributed by atoms with van der Waals surface area (Å²) in [5, 5.41) is 11.5. The number of hydrogen-bond donors (Lipinski definition) is 4. The summed E-state index contributed by atoms with van der Waals surface area (Å²) in [6, 6.07) is 23.4. The maximum Gasteiger partial charge on any atom is 0.251 e. The van der Waals surface area contributed by atoms with Gasteiger partial charge in [-0.25, -0.2) is 0 Å². The van der Waals surface area contributed by atoms with Gasteiger partial charge in [0.05, 0.1) is 6.54 Å². The van der Waals surface area contributed by atoms with E-state index in [0.717, 1.165) is 11.3 Å². The first kappa shape index (κ1) is 23.5.